The number of rotatable bonds is 6. The van der Waals surface area contributed by atoms with Crippen LogP contribution in [0.5, 0.6) is 0 Å². The van der Waals surface area contributed by atoms with Crippen molar-refractivity contribution in [2.75, 3.05) is 19.7 Å². The third-order valence-corrected chi connectivity index (χ3v) is 6.59. The zero-order chi connectivity index (χ0) is 22.5. The normalized spacial score (nSPS) is 19.3. The van der Waals surface area contributed by atoms with Crippen molar-refractivity contribution in [1.29, 1.82) is 0 Å². The first-order valence-corrected chi connectivity index (χ1v) is 10.7. The second-order valence-electron chi connectivity index (χ2n) is 8.82. The first kappa shape index (κ1) is 20.5. The Bertz CT molecular complexity index is 1040. The highest BCUT2D eigenvalue weighted by molar-refractivity contribution is 5.90. The number of carboxylic acids is 1. The van der Waals surface area contributed by atoms with E-state index in [9.17, 15) is 19.5 Å². The van der Waals surface area contributed by atoms with Gasteiger partial charge in [-0.2, -0.15) is 0 Å². The van der Waals surface area contributed by atoms with Crippen LogP contribution < -0.4 is 5.32 Å². The van der Waals surface area contributed by atoms with E-state index in [1.54, 1.807) is 0 Å². The highest BCUT2D eigenvalue weighted by Crippen LogP contribution is 2.44. The summed E-state index contributed by atoms with van der Waals surface area (Å²) in [5.41, 5.74) is 2.56. The number of aliphatic hydroxyl groups is 1. The summed E-state index contributed by atoms with van der Waals surface area (Å²) in [6.45, 7) is -0.415. The van der Waals surface area contributed by atoms with Gasteiger partial charge in [-0.05, 0) is 41.0 Å². The lowest BCUT2D eigenvalue weighted by atomic mass is 9.93. The van der Waals surface area contributed by atoms with Crippen molar-refractivity contribution in [2.45, 2.75) is 30.4 Å². The number of likely N-dealkylation sites (tertiary alicyclic amines) is 1. The number of nitrogens with zero attached hydrogens (tertiary/aromatic N) is 1. The number of benzene rings is 2. The van der Waals surface area contributed by atoms with Gasteiger partial charge in [0.1, 0.15) is 12.6 Å². The molecule has 1 unspecified atom stereocenters. The van der Waals surface area contributed by atoms with Gasteiger partial charge in [-0.25, -0.2) is 9.59 Å². The van der Waals surface area contributed by atoms with E-state index in [1.165, 1.54) is 4.90 Å². The first-order chi connectivity index (χ1) is 15.4. The van der Waals surface area contributed by atoms with E-state index in [1.807, 2.05) is 36.4 Å². The van der Waals surface area contributed by atoms with Crippen molar-refractivity contribution in [3.8, 4) is 11.1 Å². The van der Waals surface area contributed by atoms with E-state index < -0.39 is 23.7 Å². The minimum atomic E-state index is -1.91. The van der Waals surface area contributed by atoms with Crippen molar-refractivity contribution in [3.63, 3.8) is 0 Å². The van der Waals surface area contributed by atoms with Gasteiger partial charge in [0.2, 0.25) is 5.91 Å². The number of amides is 2. The third-order valence-electron chi connectivity index (χ3n) is 6.59. The number of aliphatic carboxylic acids is 1. The van der Waals surface area contributed by atoms with Crippen LogP contribution in [-0.4, -0.2) is 64.4 Å². The van der Waals surface area contributed by atoms with Gasteiger partial charge in [0.25, 0.3) is 0 Å². The molecule has 2 aliphatic carbocycles. The molecule has 1 atom stereocenters. The summed E-state index contributed by atoms with van der Waals surface area (Å²) < 4.78 is 5.54. The predicted octanol–water partition coefficient (Wildman–Crippen LogP) is 1.96. The lowest BCUT2D eigenvalue weighted by Gasteiger charge is -2.44. The Balaban J connectivity index is 1.23. The van der Waals surface area contributed by atoms with Crippen molar-refractivity contribution in [3.05, 3.63) is 59.7 Å². The number of carboxylic acid groups (broad SMARTS) is 1. The van der Waals surface area contributed by atoms with E-state index >= 15 is 0 Å². The molecule has 0 radical (unpaired) electrons. The Labute approximate surface area is 184 Å². The monoisotopic (exact) mass is 436 g/mol. The molecule has 0 bridgehead atoms. The molecule has 8 heteroatoms. The number of hydrogen-bond acceptors (Lipinski definition) is 5. The fourth-order valence-electron chi connectivity index (χ4n) is 4.65. The number of carbonyl (C=O) groups excluding carboxylic acids is 2. The standard InChI is InChI=1S/C24H24N2O6/c27-21(26-12-24(31,13-26)22(28)29)20(14-9-10-14)25-23(30)32-11-19-17-7-3-1-5-15(17)16-6-2-4-8-18(16)19/h1-8,14,19-20,31H,9-13H2,(H,25,30)(H,28,29). The van der Waals surface area contributed by atoms with Gasteiger partial charge in [-0.1, -0.05) is 48.5 Å². The maximum atomic E-state index is 12.8. The number of ether oxygens (including phenoxy) is 1. The van der Waals surface area contributed by atoms with Crippen molar-refractivity contribution in [2.24, 2.45) is 5.92 Å². The van der Waals surface area contributed by atoms with Gasteiger partial charge < -0.3 is 25.2 Å². The smallest absolute Gasteiger partial charge is 0.407 e. The van der Waals surface area contributed by atoms with Crippen LogP contribution in [0.2, 0.25) is 0 Å². The van der Waals surface area contributed by atoms with Gasteiger partial charge in [0.15, 0.2) is 5.60 Å². The van der Waals surface area contributed by atoms with Crippen LogP contribution in [0.25, 0.3) is 11.1 Å². The van der Waals surface area contributed by atoms with Crippen LogP contribution in [-0.2, 0) is 14.3 Å². The zero-order valence-corrected chi connectivity index (χ0v) is 17.4. The van der Waals surface area contributed by atoms with Crippen molar-refractivity contribution in [1.82, 2.24) is 10.2 Å². The molecule has 1 aliphatic heterocycles. The predicted molar refractivity (Wildman–Crippen MR) is 114 cm³/mol. The molecule has 1 saturated carbocycles. The molecular weight excluding hydrogens is 412 g/mol. The highest BCUT2D eigenvalue weighted by atomic mass is 16.5. The Kier molecular flexibility index (Phi) is 4.89. The minimum Gasteiger partial charge on any atom is -0.479 e. The number of carbonyl (C=O) groups is 3. The molecular formula is C24H24N2O6. The molecule has 32 heavy (non-hydrogen) atoms. The summed E-state index contributed by atoms with van der Waals surface area (Å²) in [4.78, 5) is 37.7. The second-order valence-corrected chi connectivity index (χ2v) is 8.82. The van der Waals surface area contributed by atoms with Crippen LogP contribution >= 0.6 is 0 Å². The molecule has 0 spiro atoms. The van der Waals surface area contributed by atoms with Crippen LogP contribution in [0.1, 0.15) is 29.9 Å². The van der Waals surface area contributed by atoms with Crippen LogP contribution in [0.3, 0.4) is 0 Å². The fraction of sp³-hybridized carbons (Fsp3) is 0.375. The summed E-state index contributed by atoms with van der Waals surface area (Å²) in [5.74, 6) is -1.81. The third kappa shape index (κ3) is 3.50. The maximum absolute atomic E-state index is 12.8. The molecule has 3 aliphatic rings. The molecule has 0 aromatic heterocycles. The zero-order valence-electron chi connectivity index (χ0n) is 17.4. The SMILES string of the molecule is O=C(NC(C(=O)N1CC(O)(C(=O)O)C1)C1CC1)OCC1c2ccccc2-c2ccccc21. The molecule has 8 nitrogen and oxygen atoms in total. The van der Waals surface area contributed by atoms with E-state index in [2.05, 4.69) is 17.4 Å². The van der Waals surface area contributed by atoms with E-state index in [-0.39, 0.29) is 37.4 Å². The van der Waals surface area contributed by atoms with Crippen molar-refractivity contribution >= 4 is 18.0 Å². The van der Waals surface area contributed by atoms with Gasteiger partial charge in [0, 0.05) is 5.92 Å². The summed E-state index contributed by atoms with van der Waals surface area (Å²) in [5, 5.41) is 21.6. The molecule has 1 saturated heterocycles. The molecule has 2 fully saturated rings. The summed E-state index contributed by atoms with van der Waals surface area (Å²) >= 11 is 0. The van der Waals surface area contributed by atoms with Crippen LogP contribution in [0.4, 0.5) is 4.79 Å². The number of hydrogen-bond donors (Lipinski definition) is 3. The minimum absolute atomic E-state index is 0.00139. The number of nitrogens with one attached hydrogen (secondary N) is 1. The largest absolute Gasteiger partial charge is 0.479 e. The molecule has 166 valence electrons. The van der Waals surface area contributed by atoms with Crippen LogP contribution in [0.15, 0.2) is 48.5 Å². The fourth-order valence-corrected chi connectivity index (χ4v) is 4.65. The van der Waals surface area contributed by atoms with Gasteiger partial charge >= 0.3 is 12.1 Å². The average Bonchev–Trinajstić information content (AvgIpc) is 3.56. The number of β-amino-alcohol motifs (C(OH)–C–C–N with tert-alkyl or cyclic N) is 1. The first-order valence-electron chi connectivity index (χ1n) is 10.7. The number of fused-ring (bicyclic) bond motifs is 3. The molecule has 5 rings (SSSR count). The van der Waals surface area contributed by atoms with Gasteiger partial charge in [0.05, 0.1) is 13.1 Å². The Morgan fingerprint density at radius 2 is 1.59 bits per heavy atom. The molecule has 3 N–H and O–H groups in total. The summed E-state index contributed by atoms with van der Waals surface area (Å²) in [7, 11) is 0. The van der Waals surface area contributed by atoms with E-state index in [0.29, 0.717) is 0 Å². The summed E-state index contributed by atoms with van der Waals surface area (Å²) in [6.07, 6.45) is 0.930. The van der Waals surface area contributed by atoms with Gasteiger partial charge in [-0.15, -0.1) is 0 Å². The Hall–Kier alpha value is -3.39. The lowest BCUT2D eigenvalue weighted by molar-refractivity contribution is -0.182. The molecule has 2 aromatic rings. The Morgan fingerprint density at radius 1 is 1.03 bits per heavy atom. The topological polar surface area (TPSA) is 116 Å². The van der Waals surface area contributed by atoms with Crippen LogP contribution in [0, 0.1) is 5.92 Å². The van der Waals surface area contributed by atoms with Crippen molar-refractivity contribution < 1.29 is 29.3 Å². The summed E-state index contributed by atoms with van der Waals surface area (Å²) in [6, 6.07) is 15.3. The highest BCUT2D eigenvalue weighted by Gasteiger charge is 2.52. The quantitative estimate of drug-likeness (QED) is 0.638. The number of alkyl carbamates (subject to hydrolysis) is 1. The van der Waals surface area contributed by atoms with Gasteiger partial charge in [-0.3, -0.25) is 4.79 Å². The van der Waals surface area contributed by atoms with E-state index in [0.717, 1.165) is 35.1 Å². The maximum Gasteiger partial charge on any atom is 0.407 e. The average molecular weight is 436 g/mol. The lowest BCUT2D eigenvalue weighted by Crippen LogP contribution is -2.69. The second kappa shape index (κ2) is 7.63. The molecule has 2 amide bonds. The molecule has 1 heterocycles. The van der Waals surface area contributed by atoms with E-state index in [4.69, 9.17) is 9.84 Å². The molecule has 2 aromatic carbocycles. The Morgan fingerprint density at radius 3 is 2.12 bits per heavy atom.